The van der Waals surface area contributed by atoms with Crippen molar-refractivity contribution in [2.45, 2.75) is 33.2 Å². The summed E-state index contributed by atoms with van der Waals surface area (Å²) in [6.45, 7) is 10.6. The third kappa shape index (κ3) is 5.84. The standard InChI is InChI=1S/C22H28IN5O2/c1-15-5-7-17(13-18(15)23)25-20(29)16-6-8-19(24-14-16)27-9-11-28(12-10-27)21(30)26-22(2,3)4/h5-8,13-14H,9-12H2,1-4H3,(H,25,29)(H,26,30). The van der Waals surface area contributed by atoms with E-state index in [1.165, 1.54) is 5.56 Å². The molecule has 3 amide bonds. The van der Waals surface area contributed by atoms with Crippen LogP contribution in [0.15, 0.2) is 36.5 Å². The second-order valence-corrected chi connectivity index (χ2v) is 9.64. The van der Waals surface area contributed by atoms with E-state index in [2.05, 4.69) is 43.1 Å². The highest BCUT2D eigenvalue weighted by Crippen LogP contribution is 2.19. The van der Waals surface area contributed by atoms with Gasteiger partial charge in [0.25, 0.3) is 5.91 Å². The first kappa shape index (κ1) is 22.3. The number of benzene rings is 1. The molecule has 0 saturated carbocycles. The molecular formula is C22H28IN5O2. The van der Waals surface area contributed by atoms with E-state index >= 15 is 0 Å². The molecule has 1 aliphatic rings. The van der Waals surface area contributed by atoms with Gasteiger partial charge in [-0.05, 0) is 80.1 Å². The zero-order chi connectivity index (χ0) is 21.9. The summed E-state index contributed by atoms with van der Waals surface area (Å²) in [6.07, 6.45) is 1.60. The van der Waals surface area contributed by atoms with E-state index in [0.717, 1.165) is 15.1 Å². The van der Waals surface area contributed by atoms with Crippen LogP contribution in [-0.4, -0.2) is 53.5 Å². The highest BCUT2D eigenvalue weighted by molar-refractivity contribution is 14.1. The molecule has 160 valence electrons. The number of rotatable bonds is 3. The van der Waals surface area contributed by atoms with Crippen molar-refractivity contribution in [1.82, 2.24) is 15.2 Å². The number of amides is 3. The summed E-state index contributed by atoms with van der Waals surface area (Å²) >= 11 is 2.25. The van der Waals surface area contributed by atoms with E-state index in [4.69, 9.17) is 0 Å². The number of anilines is 2. The third-order valence-corrected chi connectivity index (χ3v) is 5.97. The van der Waals surface area contributed by atoms with Crippen LogP contribution in [-0.2, 0) is 0 Å². The third-order valence-electron chi connectivity index (χ3n) is 4.81. The molecule has 30 heavy (non-hydrogen) atoms. The van der Waals surface area contributed by atoms with Gasteiger partial charge in [0, 0.05) is 47.2 Å². The van der Waals surface area contributed by atoms with Crippen LogP contribution in [0, 0.1) is 10.5 Å². The minimum atomic E-state index is -0.247. The lowest BCUT2D eigenvalue weighted by molar-refractivity contribution is 0.102. The summed E-state index contributed by atoms with van der Waals surface area (Å²) in [5, 5.41) is 5.91. The second-order valence-electron chi connectivity index (χ2n) is 8.48. The number of carbonyl (C=O) groups is 2. The number of nitrogens with one attached hydrogen (secondary N) is 2. The molecule has 0 radical (unpaired) electrons. The molecule has 1 aromatic carbocycles. The van der Waals surface area contributed by atoms with Crippen LogP contribution in [0.5, 0.6) is 0 Å². The van der Waals surface area contributed by atoms with Gasteiger partial charge in [-0.3, -0.25) is 4.79 Å². The molecule has 0 aliphatic carbocycles. The predicted molar refractivity (Wildman–Crippen MR) is 128 cm³/mol. The fraction of sp³-hybridized carbons (Fsp3) is 0.409. The second kappa shape index (κ2) is 9.20. The molecule has 1 aliphatic heterocycles. The Bertz CT molecular complexity index is 916. The molecule has 7 nitrogen and oxygen atoms in total. The summed E-state index contributed by atoms with van der Waals surface area (Å²) in [6, 6.07) is 9.44. The number of pyridine rings is 1. The topological polar surface area (TPSA) is 77.6 Å². The lowest BCUT2D eigenvalue weighted by atomic mass is 10.1. The molecule has 0 atom stereocenters. The molecular weight excluding hydrogens is 493 g/mol. The monoisotopic (exact) mass is 521 g/mol. The van der Waals surface area contributed by atoms with E-state index in [1.807, 2.05) is 56.9 Å². The van der Waals surface area contributed by atoms with Crippen molar-refractivity contribution >= 4 is 46.0 Å². The van der Waals surface area contributed by atoms with Crippen LogP contribution in [0.1, 0.15) is 36.7 Å². The van der Waals surface area contributed by atoms with E-state index in [9.17, 15) is 9.59 Å². The Morgan fingerprint density at radius 3 is 2.33 bits per heavy atom. The molecule has 0 unspecified atom stereocenters. The van der Waals surface area contributed by atoms with Gasteiger partial charge in [-0.2, -0.15) is 0 Å². The summed E-state index contributed by atoms with van der Waals surface area (Å²) < 4.78 is 1.11. The van der Waals surface area contributed by atoms with Crippen LogP contribution in [0.2, 0.25) is 0 Å². The van der Waals surface area contributed by atoms with Gasteiger partial charge >= 0.3 is 6.03 Å². The fourth-order valence-electron chi connectivity index (χ4n) is 3.12. The van der Waals surface area contributed by atoms with Crippen molar-refractivity contribution < 1.29 is 9.59 Å². The first-order chi connectivity index (χ1) is 14.1. The van der Waals surface area contributed by atoms with E-state index in [-0.39, 0.29) is 17.5 Å². The van der Waals surface area contributed by atoms with Crippen molar-refractivity contribution in [3.05, 3.63) is 51.2 Å². The maximum atomic E-state index is 12.5. The summed E-state index contributed by atoms with van der Waals surface area (Å²) in [7, 11) is 0. The molecule has 0 spiro atoms. The number of aryl methyl sites for hydroxylation is 1. The number of aromatic nitrogens is 1. The number of carbonyl (C=O) groups excluding carboxylic acids is 2. The molecule has 2 N–H and O–H groups in total. The van der Waals surface area contributed by atoms with Crippen LogP contribution in [0.3, 0.4) is 0 Å². The van der Waals surface area contributed by atoms with Gasteiger partial charge in [0.15, 0.2) is 0 Å². The van der Waals surface area contributed by atoms with Crippen molar-refractivity contribution in [3.8, 4) is 0 Å². The summed E-state index contributed by atoms with van der Waals surface area (Å²) in [5.74, 6) is 0.629. The minimum absolute atomic E-state index is 0.0344. The van der Waals surface area contributed by atoms with E-state index < -0.39 is 0 Å². The van der Waals surface area contributed by atoms with Crippen LogP contribution in [0.4, 0.5) is 16.3 Å². The number of urea groups is 1. The number of hydrogen-bond acceptors (Lipinski definition) is 4. The minimum Gasteiger partial charge on any atom is -0.353 e. The smallest absolute Gasteiger partial charge is 0.317 e. The molecule has 1 fully saturated rings. The average molecular weight is 521 g/mol. The SMILES string of the molecule is Cc1ccc(NC(=O)c2ccc(N3CCN(C(=O)NC(C)(C)C)CC3)nc2)cc1I. The Kier molecular flexibility index (Phi) is 6.84. The van der Waals surface area contributed by atoms with Gasteiger partial charge in [-0.25, -0.2) is 9.78 Å². The van der Waals surface area contributed by atoms with Crippen molar-refractivity contribution in [2.24, 2.45) is 0 Å². The van der Waals surface area contributed by atoms with Crippen LogP contribution in [0.25, 0.3) is 0 Å². The van der Waals surface area contributed by atoms with Crippen molar-refractivity contribution in [1.29, 1.82) is 0 Å². The maximum absolute atomic E-state index is 12.5. The summed E-state index contributed by atoms with van der Waals surface area (Å²) in [5.41, 5.74) is 2.21. The number of halogens is 1. The van der Waals surface area contributed by atoms with Crippen LogP contribution >= 0.6 is 22.6 Å². The summed E-state index contributed by atoms with van der Waals surface area (Å²) in [4.78, 5) is 33.2. The zero-order valence-corrected chi connectivity index (χ0v) is 20.0. The molecule has 0 bridgehead atoms. The first-order valence-corrected chi connectivity index (χ1v) is 11.1. The Morgan fingerprint density at radius 2 is 1.77 bits per heavy atom. The van der Waals surface area contributed by atoms with Crippen molar-refractivity contribution in [2.75, 3.05) is 36.4 Å². The van der Waals surface area contributed by atoms with E-state index in [1.54, 1.807) is 12.3 Å². The molecule has 1 aromatic heterocycles. The fourth-order valence-corrected chi connectivity index (χ4v) is 3.64. The first-order valence-electron chi connectivity index (χ1n) is 9.98. The normalized spacial score (nSPS) is 14.4. The molecule has 3 rings (SSSR count). The quantitative estimate of drug-likeness (QED) is 0.602. The maximum Gasteiger partial charge on any atom is 0.317 e. The van der Waals surface area contributed by atoms with Gasteiger partial charge in [-0.1, -0.05) is 6.07 Å². The molecule has 1 saturated heterocycles. The molecule has 2 aromatic rings. The number of hydrogen-bond donors (Lipinski definition) is 2. The highest BCUT2D eigenvalue weighted by Gasteiger charge is 2.24. The zero-order valence-electron chi connectivity index (χ0n) is 17.8. The Labute approximate surface area is 191 Å². The van der Waals surface area contributed by atoms with Gasteiger partial charge in [0.05, 0.1) is 5.56 Å². The molecule has 8 heteroatoms. The lowest BCUT2D eigenvalue weighted by Crippen LogP contribution is -2.55. The van der Waals surface area contributed by atoms with Gasteiger partial charge in [0.2, 0.25) is 0 Å². The Morgan fingerprint density at radius 1 is 1.07 bits per heavy atom. The number of piperazine rings is 1. The van der Waals surface area contributed by atoms with Gasteiger partial charge < -0.3 is 20.4 Å². The molecule has 2 heterocycles. The van der Waals surface area contributed by atoms with Gasteiger partial charge in [-0.15, -0.1) is 0 Å². The van der Waals surface area contributed by atoms with Gasteiger partial charge in [0.1, 0.15) is 5.82 Å². The average Bonchev–Trinajstić information content (AvgIpc) is 2.70. The van der Waals surface area contributed by atoms with E-state index in [0.29, 0.717) is 31.7 Å². The largest absolute Gasteiger partial charge is 0.353 e. The number of nitrogens with zero attached hydrogens (tertiary/aromatic N) is 3. The van der Waals surface area contributed by atoms with Crippen molar-refractivity contribution in [3.63, 3.8) is 0 Å². The highest BCUT2D eigenvalue weighted by atomic mass is 127. The van der Waals surface area contributed by atoms with Crippen LogP contribution < -0.4 is 15.5 Å². The predicted octanol–water partition coefficient (Wildman–Crippen LogP) is 3.88. The Hall–Kier alpha value is -2.36. The Balaban J connectivity index is 1.56. The lowest BCUT2D eigenvalue weighted by Gasteiger charge is -2.36.